The lowest BCUT2D eigenvalue weighted by atomic mass is 10.0. The summed E-state index contributed by atoms with van der Waals surface area (Å²) >= 11 is 0. The van der Waals surface area contributed by atoms with E-state index < -0.39 is 11.9 Å². The summed E-state index contributed by atoms with van der Waals surface area (Å²) < 4.78 is 72.5. The maximum absolute atomic E-state index is 12.5. The molecule has 0 spiro atoms. The Morgan fingerprint density at radius 1 is 1.62 bits per heavy atom. The largest absolute Gasteiger partial charge is 0.481 e. The first-order chi connectivity index (χ1) is 12.1. The Kier molecular flexibility index (Phi) is 1.31. The first-order valence-corrected chi connectivity index (χ1v) is 4.07. The molecule has 0 aliphatic rings. The molecule has 1 rings (SSSR count). The van der Waals surface area contributed by atoms with Gasteiger partial charge < -0.3 is 5.11 Å². The highest BCUT2D eigenvalue weighted by Gasteiger charge is 2.10. The third kappa shape index (κ3) is 2.86. The maximum atomic E-state index is 12.5. The van der Waals surface area contributed by atoms with Gasteiger partial charge in [-0.3, -0.25) is 4.79 Å². The molecule has 0 aromatic heterocycles. The van der Waals surface area contributed by atoms with Crippen LogP contribution >= 0.6 is 0 Å². The first kappa shape index (κ1) is 4.22. The van der Waals surface area contributed by atoms with Gasteiger partial charge in [0.15, 0.2) is 0 Å². The lowest BCUT2D eigenvalue weighted by molar-refractivity contribution is -0.141. The molecule has 1 aromatic rings. The standard InChI is InChI=1S/C10H11FO2.6H2/c1-7(10(12)13)6-8-2-4-9(11)5-3-8;;;;;;/h2-5,7H,6H2,1H3,(H,12,13);6*1H/i;6*1+1D. The quantitative estimate of drug-likeness (QED) is 0.821. The lowest BCUT2D eigenvalue weighted by Crippen LogP contribution is -2.12. The average Bonchev–Trinajstić information content (AvgIpc) is 2.73. The summed E-state index contributed by atoms with van der Waals surface area (Å²) in [5.41, 5.74) is 0.844. The van der Waals surface area contributed by atoms with E-state index in [2.05, 4.69) is 0 Å². The van der Waals surface area contributed by atoms with Crippen molar-refractivity contribution < 1.29 is 32.1 Å². The Morgan fingerprint density at radius 3 is 2.62 bits per heavy atom. The molecule has 1 N–H and O–H groups in total. The van der Waals surface area contributed by atoms with Crippen molar-refractivity contribution in [3.8, 4) is 0 Å². The van der Waals surface area contributed by atoms with Crippen molar-refractivity contribution in [2.45, 2.75) is 13.3 Å². The number of carboxylic acid groups (broad SMARTS) is 1. The van der Waals surface area contributed by atoms with Crippen molar-refractivity contribution >= 4 is 5.97 Å². The van der Waals surface area contributed by atoms with Crippen molar-refractivity contribution in [1.82, 2.24) is 0 Å². The van der Waals surface area contributed by atoms with Crippen LogP contribution in [0.3, 0.4) is 0 Å². The number of carbonyl (C=O) groups is 1. The highest BCUT2D eigenvalue weighted by molar-refractivity contribution is 5.69. The number of rotatable bonds is 3. The molecule has 0 saturated carbocycles. The number of halogens is 1. The Morgan fingerprint density at radius 2 is 2.15 bits per heavy atom. The molecule has 0 heterocycles. The highest BCUT2D eigenvalue weighted by atomic mass is 19.1. The Balaban J connectivity index is -0.0000000638. The van der Waals surface area contributed by atoms with Crippen molar-refractivity contribution in [3.05, 3.63) is 35.6 Å². The fourth-order valence-electron chi connectivity index (χ4n) is 1.06. The Labute approximate surface area is 94.5 Å². The molecule has 0 radical (unpaired) electrons. The van der Waals surface area contributed by atoms with Gasteiger partial charge in [-0.05, 0) is 24.1 Å². The van der Waals surface area contributed by atoms with Crippen LogP contribution in [0.25, 0.3) is 0 Å². The number of carboxylic acids is 1. The van der Waals surface area contributed by atoms with Gasteiger partial charge in [0.25, 0.3) is 0 Å². The van der Waals surface area contributed by atoms with Gasteiger partial charge in [-0.1, -0.05) is 19.1 Å². The lowest BCUT2D eigenvalue weighted by Gasteiger charge is -2.05. The summed E-state index contributed by atoms with van der Waals surface area (Å²) in [5.74, 6) is -1.55. The predicted molar refractivity (Wildman–Crippen MR) is 59.6 cm³/mol. The molecule has 0 aliphatic heterocycles. The normalized spacial score (nSPS) is 16.2. The van der Waals surface area contributed by atoms with Gasteiger partial charge in [-0.15, -0.1) is 0 Å². The molecule has 13 heavy (non-hydrogen) atoms. The smallest absolute Gasteiger partial charge is 0.306 e. The van der Waals surface area contributed by atoms with E-state index in [1.165, 1.54) is 12.1 Å². The van der Waals surface area contributed by atoms with E-state index in [4.69, 9.17) is 22.9 Å². The number of hydrogen-bond acceptors (Lipinski definition) is 1. The molecule has 0 fully saturated rings. The molecular weight excluding hydrogens is 171 g/mol. The number of aliphatic carboxylic acids is 1. The molecule has 0 bridgehead atoms. The minimum absolute atomic E-state index is 0.299. The summed E-state index contributed by atoms with van der Waals surface area (Å²) in [6, 6.07) is 5.89. The molecular formula is C10H23FO2. The van der Waals surface area contributed by atoms with Crippen LogP contribution in [0.5, 0.6) is 0 Å². The fraction of sp³-hybridized carbons (Fsp3) is 0.300. The van der Waals surface area contributed by atoms with Crippen molar-refractivity contribution in [2.75, 3.05) is 0 Å². The van der Waals surface area contributed by atoms with Gasteiger partial charge >= 0.3 is 5.97 Å². The van der Waals surface area contributed by atoms with Crippen LogP contribution in [-0.2, 0) is 11.2 Å². The predicted octanol–water partition coefficient (Wildman–Crippen LogP) is 3.56. The molecule has 82 valence electrons. The van der Waals surface area contributed by atoms with Gasteiger partial charge in [0.1, 0.15) is 5.82 Å². The molecule has 0 saturated heterocycles. The van der Waals surface area contributed by atoms with Gasteiger partial charge in [-0.2, -0.15) is 0 Å². The van der Waals surface area contributed by atoms with Crippen LogP contribution in [0.15, 0.2) is 24.3 Å². The van der Waals surface area contributed by atoms with E-state index in [1.54, 1.807) is 19.1 Å². The third-order valence-electron chi connectivity index (χ3n) is 1.88. The highest BCUT2D eigenvalue weighted by Crippen LogP contribution is 2.09. The SMILES string of the molecule is CC(Cc1ccc(F)cc1)C(=O)O.[2H][2H].[2H][2H].[2H][2H].[2H][2H].[2H][2H].[2H][2H]. The van der Waals surface area contributed by atoms with E-state index in [-0.39, 0.29) is 5.82 Å². The van der Waals surface area contributed by atoms with Crippen molar-refractivity contribution in [2.24, 2.45) is 5.92 Å². The zero-order valence-corrected chi connectivity index (χ0v) is 7.33. The molecule has 3 heteroatoms. The van der Waals surface area contributed by atoms with E-state index in [0.717, 1.165) is 5.56 Å². The van der Waals surface area contributed by atoms with E-state index >= 15 is 0 Å². The maximum Gasteiger partial charge on any atom is 0.306 e. The monoisotopic (exact) mass is 206 g/mol. The number of benzene rings is 1. The molecule has 2 nitrogen and oxygen atoms in total. The minimum atomic E-state index is -0.829. The number of hydrogen-bond donors (Lipinski definition) is 1. The van der Waals surface area contributed by atoms with Crippen molar-refractivity contribution in [3.63, 3.8) is 0 Å². The first-order valence-electron chi connectivity index (χ1n) is 10.1. The molecule has 0 aliphatic carbocycles. The summed E-state index contributed by atoms with van der Waals surface area (Å²) in [7, 11) is 0. The second kappa shape index (κ2) is 4.03. The summed E-state index contributed by atoms with van der Waals surface area (Å²) in [4.78, 5) is 10.5. The van der Waals surface area contributed by atoms with Crippen LogP contribution in [0.4, 0.5) is 4.39 Å². The molecule has 1 atom stereocenters. The van der Waals surface area contributed by atoms with Crippen molar-refractivity contribution in [1.29, 1.82) is 0 Å². The zero-order chi connectivity index (χ0) is 21.8. The second-order valence-electron chi connectivity index (χ2n) is 3.07. The minimum Gasteiger partial charge on any atom is -0.481 e. The van der Waals surface area contributed by atoms with Gasteiger partial charge in [0, 0.05) is 17.8 Å². The Bertz CT molecular complexity index is 317. The van der Waals surface area contributed by atoms with Gasteiger partial charge in [0.2, 0.25) is 0 Å². The van der Waals surface area contributed by atoms with Gasteiger partial charge in [-0.25, -0.2) is 4.39 Å². The van der Waals surface area contributed by atoms with E-state index in [0.29, 0.717) is 6.42 Å². The third-order valence-corrected chi connectivity index (χ3v) is 1.88. The summed E-state index contributed by atoms with van der Waals surface area (Å²) in [6.07, 6.45) is 0.440. The van der Waals surface area contributed by atoms with E-state index in [1.807, 2.05) is 0 Å². The molecule has 1 unspecified atom stereocenters. The topological polar surface area (TPSA) is 37.3 Å². The van der Waals surface area contributed by atoms with Crippen LogP contribution in [0.2, 0.25) is 0 Å². The fourth-order valence-corrected chi connectivity index (χ4v) is 1.06. The summed E-state index contributed by atoms with van der Waals surface area (Å²) in [6.45, 7) is 1.63. The Hall–Kier alpha value is -1.38. The van der Waals surface area contributed by atoms with E-state index in [9.17, 15) is 9.18 Å². The summed E-state index contributed by atoms with van der Waals surface area (Å²) in [5, 5.41) is 8.62. The van der Waals surface area contributed by atoms with Crippen LogP contribution in [-0.4, -0.2) is 11.1 Å². The molecule has 1 aromatic carbocycles. The van der Waals surface area contributed by atoms with Crippen LogP contribution < -0.4 is 0 Å². The van der Waals surface area contributed by atoms with Crippen LogP contribution in [0, 0.1) is 11.7 Å². The zero-order valence-electron chi connectivity index (χ0n) is 19.3. The molecule has 0 amide bonds. The van der Waals surface area contributed by atoms with Crippen LogP contribution in [0.1, 0.15) is 30.3 Å². The average molecular weight is 206 g/mol. The van der Waals surface area contributed by atoms with Gasteiger partial charge in [0.05, 0.1) is 5.92 Å². The second-order valence-corrected chi connectivity index (χ2v) is 3.07.